The van der Waals surface area contributed by atoms with E-state index >= 15 is 0 Å². The van der Waals surface area contributed by atoms with Crippen molar-refractivity contribution in [1.82, 2.24) is 0 Å². The molecule has 0 N–H and O–H groups in total. The normalized spacial score (nSPS) is 14.6. The zero-order valence-electron chi connectivity index (χ0n) is 21.3. The third-order valence-corrected chi connectivity index (χ3v) is 7.00. The van der Waals surface area contributed by atoms with Gasteiger partial charge in [-0.3, -0.25) is 9.59 Å². The maximum atomic E-state index is 12.5. The Kier molecular flexibility index (Phi) is 16.3. The Morgan fingerprint density at radius 1 is 1.06 bits per heavy atom. The van der Waals surface area contributed by atoms with Gasteiger partial charge in [-0.1, -0.05) is 6.42 Å². The summed E-state index contributed by atoms with van der Waals surface area (Å²) in [4.78, 5) is 50.4. The Hall–Kier alpha value is -2.57. The van der Waals surface area contributed by atoms with Crippen LogP contribution in [0.1, 0.15) is 78.1 Å². The topological polar surface area (TPSA) is 141 Å². The molecule has 36 heavy (non-hydrogen) atoms. The highest BCUT2D eigenvalue weighted by Gasteiger charge is 2.31. The molecule has 1 rings (SSSR count). The summed E-state index contributed by atoms with van der Waals surface area (Å²) < 4.78 is 20.5. The molecule has 1 unspecified atom stereocenters. The van der Waals surface area contributed by atoms with Crippen molar-refractivity contribution in [1.29, 1.82) is 5.26 Å². The van der Waals surface area contributed by atoms with Crippen molar-refractivity contribution in [2.75, 3.05) is 31.3 Å². The van der Waals surface area contributed by atoms with Crippen LogP contribution in [0.25, 0.3) is 0 Å². The summed E-state index contributed by atoms with van der Waals surface area (Å²) in [7, 11) is 0. The lowest BCUT2D eigenvalue weighted by Crippen LogP contribution is -2.33. The minimum atomic E-state index is -0.960. The fourth-order valence-corrected chi connectivity index (χ4v) is 4.48. The molecule has 0 spiro atoms. The van der Waals surface area contributed by atoms with E-state index in [-0.39, 0.29) is 51.2 Å². The number of nitriles is 1. The molecule has 0 heterocycles. The second-order valence-corrected chi connectivity index (χ2v) is 10.4. The summed E-state index contributed by atoms with van der Waals surface area (Å²) in [5.41, 5.74) is -0.605. The third-order valence-electron chi connectivity index (χ3n) is 5.62. The van der Waals surface area contributed by atoms with E-state index in [4.69, 9.17) is 19.5 Å². The quantitative estimate of drug-likeness (QED) is 0.0645. The molecule has 1 fully saturated rings. The van der Waals surface area contributed by atoms with Gasteiger partial charge in [-0.05, 0) is 65.2 Å². The summed E-state index contributed by atoms with van der Waals surface area (Å²) >= 11 is 1.53. The van der Waals surface area contributed by atoms with Crippen molar-refractivity contribution < 1.29 is 38.1 Å². The Balaban J connectivity index is 2.14. The van der Waals surface area contributed by atoms with Gasteiger partial charge in [-0.2, -0.15) is 22.0 Å². The number of carbonyl (C=O) groups is 3. The highest BCUT2D eigenvalue weighted by molar-refractivity contribution is 7.99. The number of thioether (sulfide) groups is 1. The van der Waals surface area contributed by atoms with Crippen LogP contribution >= 0.6 is 11.8 Å². The van der Waals surface area contributed by atoms with Crippen molar-refractivity contribution in [3.05, 3.63) is 0 Å². The van der Waals surface area contributed by atoms with E-state index in [0.29, 0.717) is 24.3 Å². The van der Waals surface area contributed by atoms with E-state index in [1.165, 1.54) is 24.3 Å². The molecule has 10 nitrogen and oxygen atoms in total. The van der Waals surface area contributed by atoms with Gasteiger partial charge in [0.1, 0.15) is 19.3 Å². The molecule has 0 aliphatic heterocycles. The number of esters is 3. The average molecular weight is 527 g/mol. The van der Waals surface area contributed by atoms with Crippen LogP contribution in [0.2, 0.25) is 0 Å². The van der Waals surface area contributed by atoms with Crippen LogP contribution in [0.3, 0.4) is 0 Å². The Morgan fingerprint density at radius 3 is 2.50 bits per heavy atom. The van der Waals surface area contributed by atoms with Gasteiger partial charge in [-0.15, -0.1) is 0 Å². The van der Waals surface area contributed by atoms with E-state index in [2.05, 4.69) is 9.73 Å². The molecule has 1 aliphatic rings. The van der Waals surface area contributed by atoms with E-state index < -0.39 is 23.4 Å². The minimum Gasteiger partial charge on any atom is -0.465 e. The lowest BCUT2D eigenvalue weighted by Gasteiger charge is -2.28. The largest absolute Gasteiger partial charge is 0.465 e. The van der Waals surface area contributed by atoms with Gasteiger partial charge in [0.25, 0.3) is 6.26 Å². The van der Waals surface area contributed by atoms with Crippen molar-refractivity contribution in [3.63, 3.8) is 0 Å². The van der Waals surface area contributed by atoms with E-state index in [1.54, 1.807) is 6.26 Å². The fourth-order valence-electron chi connectivity index (χ4n) is 3.51. The third kappa shape index (κ3) is 14.1. The number of aliphatic imine (C=N–C) groups is 1. The van der Waals surface area contributed by atoms with Crippen molar-refractivity contribution >= 4 is 35.7 Å². The molecule has 0 aromatic rings. The van der Waals surface area contributed by atoms with Gasteiger partial charge in [0.15, 0.2) is 6.04 Å². The maximum absolute atomic E-state index is 12.5. The second-order valence-electron chi connectivity index (χ2n) is 9.27. The van der Waals surface area contributed by atoms with E-state index in [9.17, 15) is 19.2 Å². The standard InChI is InChI=1S/C25H38N2O8S/c1-25(2,24(31)35-20-9-4-3-5-10-20)17-36-16-15-33-22(29)12-8-14-34-23(30)21(27-19-28)11-6-7-13-32-18-26/h20-21H,3-17H2,1-2H3. The summed E-state index contributed by atoms with van der Waals surface area (Å²) in [5.74, 6) is -0.105. The van der Waals surface area contributed by atoms with E-state index in [1.807, 2.05) is 13.8 Å². The number of carbonyl (C=O) groups excluding carboxylic acids is 4. The molecule has 11 heteroatoms. The molecule has 0 aromatic carbocycles. The SMILES string of the molecule is CC(C)(CSCCOC(=O)CCCOC(=O)C(CCCCOC#N)N=C=O)C(=O)OC1CCCCC1. The van der Waals surface area contributed by atoms with Crippen LogP contribution in [0, 0.1) is 16.9 Å². The number of isocyanates is 1. The highest BCUT2D eigenvalue weighted by Crippen LogP contribution is 2.27. The van der Waals surface area contributed by atoms with Gasteiger partial charge >= 0.3 is 17.9 Å². The first-order valence-electron chi connectivity index (χ1n) is 12.5. The van der Waals surface area contributed by atoms with Crippen LogP contribution in [-0.2, 0) is 38.1 Å². The number of ether oxygens (including phenoxy) is 4. The van der Waals surface area contributed by atoms with Crippen molar-refractivity contribution in [2.24, 2.45) is 10.4 Å². The number of unbranched alkanes of at least 4 members (excludes halogenated alkanes) is 1. The molecule has 1 aliphatic carbocycles. The number of nitrogens with zero attached hydrogens (tertiary/aromatic N) is 2. The molecule has 0 amide bonds. The van der Waals surface area contributed by atoms with Gasteiger partial charge in [0.2, 0.25) is 6.08 Å². The van der Waals surface area contributed by atoms with Crippen LogP contribution in [0.4, 0.5) is 0 Å². The molecule has 0 saturated heterocycles. The van der Waals surface area contributed by atoms with Crippen LogP contribution in [0.15, 0.2) is 4.99 Å². The molecule has 0 aromatic heterocycles. The predicted octanol–water partition coefficient (Wildman–Crippen LogP) is 3.86. The monoisotopic (exact) mass is 526 g/mol. The zero-order chi connectivity index (χ0) is 26.7. The maximum Gasteiger partial charge on any atom is 0.331 e. The smallest absolute Gasteiger partial charge is 0.331 e. The number of rotatable bonds is 18. The van der Waals surface area contributed by atoms with Crippen molar-refractivity contribution in [2.45, 2.75) is 90.2 Å². The molecule has 1 atom stereocenters. The lowest BCUT2D eigenvalue weighted by atomic mass is 9.95. The molecular formula is C25H38N2O8S. The first kappa shape index (κ1) is 31.5. The Bertz CT molecular complexity index is 771. The van der Waals surface area contributed by atoms with Gasteiger partial charge < -0.3 is 18.9 Å². The summed E-state index contributed by atoms with van der Waals surface area (Å²) in [6.45, 7) is 4.19. The van der Waals surface area contributed by atoms with E-state index in [0.717, 1.165) is 25.7 Å². The number of hydrogen-bond donors (Lipinski definition) is 0. The Morgan fingerprint density at radius 2 is 1.81 bits per heavy atom. The molecule has 0 bridgehead atoms. The molecule has 0 radical (unpaired) electrons. The first-order chi connectivity index (χ1) is 17.3. The van der Waals surface area contributed by atoms with Crippen LogP contribution in [0.5, 0.6) is 0 Å². The van der Waals surface area contributed by atoms with Crippen LogP contribution in [-0.4, -0.2) is 67.5 Å². The molecular weight excluding hydrogens is 488 g/mol. The zero-order valence-corrected chi connectivity index (χ0v) is 22.1. The highest BCUT2D eigenvalue weighted by atomic mass is 32.2. The van der Waals surface area contributed by atoms with Gasteiger partial charge in [-0.25, -0.2) is 9.59 Å². The Labute approximate surface area is 217 Å². The lowest BCUT2D eigenvalue weighted by molar-refractivity contribution is -0.159. The van der Waals surface area contributed by atoms with Crippen molar-refractivity contribution in [3.8, 4) is 6.26 Å². The minimum absolute atomic E-state index is 0.00238. The summed E-state index contributed by atoms with van der Waals surface area (Å²) in [6, 6.07) is -0.960. The average Bonchev–Trinajstić information content (AvgIpc) is 2.86. The molecule has 202 valence electrons. The predicted molar refractivity (Wildman–Crippen MR) is 133 cm³/mol. The van der Waals surface area contributed by atoms with Gasteiger partial charge in [0, 0.05) is 17.9 Å². The second kappa shape index (κ2) is 18.7. The number of hydrogen-bond acceptors (Lipinski definition) is 11. The van der Waals surface area contributed by atoms with Crippen LogP contribution < -0.4 is 0 Å². The summed E-state index contributed by atoms with van der Waals surface area (Å²) in [5, 5.41) is 8.31. The summed E-state index contributed by atoms with van der Waals surface area (Å²) in [6.07, 6.45) is 9.97. The van der Waals surface area contributed by atoms with Gasteiger partial charge in [0.05, 0.1) is 12.0 Å². The molecule has 1 saturated carbocycles. The first-order valence-corrected chi connectivity index (χ1v) is 13.6. The fraction of sp³-hybridized carbons (Fsp3) is 0.800.